The molecule has 212 valence electrons. The lowest BCUT2D eigenvalue weighted by atomic mass is 10.2. The second-order valence-corrected chi connectivity index (χ2v) is 12.3. The maximum atomic E-state index is 12.8. The summed E-state index contributed by atoms with van der Waals surface area (Å²) in [4.78, 5) is 28.9. The first-order chi connectivity index (χ1) is 19.1. The van der Waals surface area contributed by atoms with Crippen LogP contribution < -0.4 is 14.8 Å². The van der Waals surface area contributed by atoms with Crippen molar-refractivity contribution in [1.82, 2.24) is 9.44 Å². The number of benzene rings is 2. The Labute approximate surface area is 231 Å². The molecule has 1 amide bonds. The van der Waals surface area contributed by atoms with Crippen LogP contribution in [-0.4, -0.2) is 47.7 Å². The summed E-state index contributed by atoms with van der Waals surface area (Å²) in [5.41, 5.74) is 0.238. The van der Waals surface area contributed by atoms with E-state index in [0.717, 1.165) is 19.3 Å². The molecule has 12 nitrogen and oxygen atoms in total. The largest absolute Gasteiger partial charge is 0.468 e. The lowest BCUT2D eigenvalue weighted by molar-refractivity contribution is -0.119. The number of nitrogens with one attached hydrogen (secondary N) is 3. The van der Waals surface area contributed by atoms with Crippen LogP contribution in [0.2, 0.25) is 0 Å². The maximum absolute atomic E-state index is 12.8. The molecule has 2 heterocycles. The van der Waals surface area contributed by atoms with E-state index in [4.69, 9.17) is 9.15 Å². The lowest BCUT2D eigenvalue weighted by Crippen LogP contribution is -2.30. The number of furan rings is 1. The van der Waals surface area contributed by atoms with Gasteiger partial charge >= 0.3 is 5.97 Å². The van der Waals surface area contributed by atoms with Gasteiger partial charge in [-0.25, -0.2) is 26.4 Å². The Hall–Kier alpha value is -4.01. The number of esters is 1. The van der Waals surface area contributed by atoms with Crippen molar-refractivity contribution in [1.29, 1.82) is 0 Å². The number of aliphatic imine (C=N–C) groups is 1. The normalized spacial score (nSPS) is 14.1. The molecule has 40 heavy (non-hydrogen) atoms. The van der Waals surface area contributed by atoms with Crippen molar-refractivity contribution in [2.75, 3.05) is 18.5 Å². The molecule has 1 aliphatic rings. The first kappa shape index (κ1) is 29.0. The Morgan fingerprint density at radius 3 is 2.45 bits per heavy atom. The van der Waals surface area contributed by atoms with Crippen LogP contribution in [0.4, 0.5) is 5.69 Å². The van der Waals surface area contributed by atoms with E-state index < -0.39 is 38.5 Å². The highest BCUT2D eigenvalue weighted by molar-refractivity contribution is 7.90. The van der Waals surface area contributed by atoms with Crippen molar-refractivity contribution in [3.05, 3.63) is 78.3 Å². The van der Waals surface area contributed by atoms with Gasteiger partial charge in [-0.2, -0.15) is 0 Å². The third-order valence-electron chi connectivity index (χ3n) is 5.81. The van der Waals surface area contributed by atoms with Gasteiger partial charge in [-0.05, 0) is 67.4 Å². The summed E-state index contributed by atoms with van der Waals surface area (Å²) in [7, 11) is -7.74. The van der Waals surface area contributed by atoms with E-state index in [1.165, 1.54) is 54.8 Å². The fourth-order valence-electron chi connectivity index (χ4n) is 3.76. The Morgan fingerprint density at radius 2 is 1.70 bits per heavy atom. The third kappa shape index (κ3) is 8.00. The Kier molecular flexibility index (Phi) is 9.34. The molecule has 0 saturated carbocycles. The number of amides is 1. The number of hydrogen-bond acceptors (Lipinski definition) is 9. The van der Waals surface area contributed by atoms with Crippen molar-refractivity contribution in [2.24, 2.45) is 4.99 Å². The van der Waals surface area contributed by atoms with Crippen molar-refractivity contribution in [3.63, 3.8) is 0 Å². The van der Waals surface area contributed by atoms with Crippen molar-refractivity contribution < 1.29 is 35.6 Å². The van der Waals surface area contributed by atoms with E-state index in [2.05, 4.69) is 19.8 Å². The van der Waals surface area contributed by atoms with Gasteiger partial charge in [0.15, 0.2) is 6.61 Å². The predicted molar refractivity (Wildman–Crippen MR) is 146 cm³/mol. The van der Waals surface area contributed by atoms with Gasteiger partial charge in [0.05, 0.1) is 28.2 Å². The number of amidine groups is 1. The van der Waals surface area contributed by atoms with E-state index >= 15 is 0 Å². The number of ether oxygens (including phenoxy) is 1. The van der Waals surface area contributed by atoms with Gasteiger partial charge in [0.25, 0.3) is 15.9 Å². The zero-order chi connectivity index (χ0) is 28.6. The van der Waals surface area contributed by atoms with Gasteiger partial charge in [0.1, 0.15) is 11.6 Å². The average molecular weight is 589 g/mol. The quantitative estimate of drug-likeness (QED) is 0.303. The fraction of sp³-hybridized carbons (Fsp3) is 0.269. The zero-order valence-electron chi connectivity index (χ0n) is 21.3. The van der Waals surface area contributed by atoms with E-state index in [1.807, 2.05) is 0 Å². The van der Waals surface area contributed by atoms with Gasteiger partial charge in [-0.1, -0.05) is 12.5 Å². The number of carbonyl (C=O) groups excluding carboxylic acids is 2. The molecule has 1 aromatic heterocycles. The Bertz CT molecular complexity index is 1580. The highest BCUT2D eigenvalue weighted by atomic mass is 32.2. The molecule has 0 bridgehead atoms. The summed E-state index contributed by atoms with van der Waals surface area (Å²) in [6.45, 7) is -0.107. The van der Waals surface area contributed by atoms with Crippen molar-refractivity contribution >= 4 is 43.4 Å². The highest BCUT2D eigenvalue weighted by Gasteiger charge is 2.19. The molecule has 0 unspecified atom stereocenters. The SMILES string of the molecule is O=C(COC(=O)c1ccc(S(=O)(=O)NCc2ccco2)cc1)Nc1cccc(S(=O)(=O)NC2=NCCCCC2)c1. The first-order valence-electron chi connectivity index (χ1n) is 12.4. The summed E-state index contributed by atoms with van der Waals surface area (Å²) in [5.74, 6) is -0.677. The Balaban J connectivity index is 1.29. The second kappa shape index (κ2) is 12.9. The summed E-state index contributed by atoms with van der Waals surface area (Å²) in [6.07, 6.45) is 4.72. The average Bonchev–Trinajstić information content (AvgIpc) is 3.34. The van der Waals surface area contributed by atoms with Crippen molar-refractivity contribution in [3.8, 4) is 0 Å². The maximum Gasteiger partial charge on any atom is 0.338 e. The fourth-order valence-corrected chi connectivity index (χ4v) is 5.88. The van der Waals surface area contributed by atoms with Gasteiger partial charge in [0, 0.05) is 18.7 Å². The number of carbonyl (C=O) groups is 2. The van der Waals surface area contributed by atoms with Crippen LogP contribution in [-0.2, 0) is 36.1 Å². The van der Waals surface area contributed by atoms with Crippen LogP contribution in [0.1, 0.15) is 41.8 Å². The topological polar surface area (TPSA) is 173 Å². The van der Waals surface area contributed by atoms with E-state index in [-0.39, 0.29) is 27.6 Å². The second-order valence-electron chi connectivity index (χ2n) is 8.83. The minimum Gasteiger partial charge on any atom is -0.468 e. The van der Waals surface area contributed by atoms with E-state index in [1.54, 1.807) is 12.1 Å². The highest BCUT2D eigenvalue weighted by Crippen LogP contribution is 2.17. The first-order valence-corrected chi connectivity index (χ1v) is 15.3. The van der Waals surface area contributed by atoms with Crippen LogP contribution in [0, 0.1) is 0 Å². The number of rotatable bonds is 10. The molecule has 1 aliphatic heterocycles. The molecule has 0 atom stereocenters. The van der Waals surface area contributed by atoms with Gasteiger partial charge < -0.3 is 14.5 Å². The molecule has 0 spiro atoms. The molecule has 0 saturated heterocycles. The van der Waals surface area contributed by atoms with Crippen molar-refractivity contribution in [2.45, 2.75) is 42.0 Å². The van der Waals surface area contributed by atoms with Gasteiger partial charge in [0.2, 0.25) is 10.0 Å². The lowest BCUT2D eigenvalue weighted by Gasteiger charge is -2.11. The molecule has 0 fully saturated rings. The third-order valence-corrected chi connectivity index (χ3v) is 8.60. The van der Waals surface area contributed by atoms with Crippen LogP contribution >= 0.6 is 0 Å². The van der Waals surface area contributed by atoms with Gasteiger partial charge in [-0.3, -0.25) is 14.5 Å². The molecule has 0 aliphatic carbocycles. The Morgan fingerprint density at radius 1 is 0.900 bits per heavy atom. The van der Waals surface area contributed by atoms with Crippen LogP contribution in [0.5, 0.6) is 0 Å². The van der Waals surface area contributed by atoms with Crippen LogP contribution in [0.15, 0.2) is 86.1 Å². The summed E-state index contributed by atoms with van der Waals surface area (Å²) >= 11 is 0. The number of anilines is 1. The number of nitrogens with zero attached hydrogens (tertiary/aromatic N) is 1. The molecule has 4 rings (SSSR count). The van der Waals surface area contributed by atoms with Crippen LogP contribution in [0.3, 0.4) is 0 Å². The monoisotopic (exact) mass is 588 g/mol. The minimum atomic E-state index is -3.89. The van der Waals surface area contributed by atoms with E-state index in [0.29, 0.717) is 24.6 Å². The number of sulfonamides is 2. The molecule has 0 radical (unpaired) electrons. The molecule has 14 heteroatoms. The summed E-state index contributed by atoms with van der Waals surface area (Å²) < 4.78 is 65.4. The summed E-state index contributed by atoms with van der Waals surface area (Å²) in [6, 6.07) is 13.9. The molecule has 3 aromatic rings. The van der Waals surface area contributed by atoms with Gasteiger partial charge in [-0.15, -0.1) is 0 Å². The molecular formula is C26H28N4O8S2. The zero-order valence-corrected chi connectivity index (χ0v) is 23.0. The minimum absolute atomic E-state index is 0.0329. The molecule has 2 aromatic carbocycles. The predicted octanol–water partition coefficient (Wildman–Crippen LogP) is 2.80. The molecule has 3 N–H and O–H groups in total. The standard InChI is InChI=1S/C26H28N4O8S2/c31-25(29-20-6-4-8-23(16-20)40(35,36)30-24-9-2-1-3-14-27-24)18-38-26(32)19-10-12-22(13-11-19)39(33,34)28-17-21-7-5-15-37-21/h4-8,10-13,15-16,28H,1-3,9,14,17-18H2,(H,27,30)(H,29,31). The smallest absolute Gasteiger partial charge is 0.338 e. The summed E-state index contributed by atoms with van der Waals surface area (Å²) in [5, 5.41) is 2.50. The molecular weight excluding hydrogens is 560 g/mol. The van der Waals surface area contributed by atoms with Crippen LogP contribution in [0.25, 0.3) is 0 Å². The number of hydrogen-bond donors (Lipinski definition) is 3. The van der Waals surface area contributed by atoms with E-state index in [9.17, 15) is 26.4 Å².